The molecule has 0 unspecified atom stereocenters. The van der Waals surface area contributed by atoms with Crippen LogP contribution in [0.2, 0.25) is 0 Å². The van der Waals surface area contributed by atoms with Crippen LogP contribution in [-0.4, -0.2) is 47.3 Å². The van der Waals surface area contributed by atoms with Gasteiger partial charge in [-0.05, 0) is 52.8 Å². The van der Waals surface area contributed by atoms with Crippen molar-refractivity contribution in [2.24, 2.45) is 0 Å². The molecular formula is C18H23F6N3O2. The van der Waals surface area contributed by atoms with E-state index in [0.717, 1.165) is 4.90 Å². The van der Waals surface area contributed by atoms with Crippen molar-refractivity contribution in [1.29, 1.82) is 0 Å². The maximum absolute atomic E-state index is 14.8. The maximum atomic E-state index is 14.8. The van der Waals surface area contributed by atoms with Gasteiger partial charge >= 0.3 is 18.2 Å². The first kappa shape index (κ1) is 23.2. The molecule has 0 aliphatic carbocycles. The van der Waals surface area contributed by atoms with E-state index in [1.807, 2.05) is 0 Å². The number of pyridine rings is 1. The summed E-state index contributed by atoms with van der Waals surface area (Å²) in [7, 11) is 0. The van der Waals surface area contributed by atoms with Crippen molar-refractivity contribution < 1.29 is 35.9 Å². The quantitative estimate of drug-likeness (QED) is 0.728. The van der Waals surface area contributed by atoms with Gasteiger partial charge in [0, 0.05) is 12.2 Å². The molecule has 2 heterocycles. The van der Waals surface area contributed by atoms with Crippen LogP contribution in [0.4, 0.5) is 31.1 Å². The number of rotatable bonds is 4. The second-order valence-electron chi connectivity index (χ2n) is 7.85. The predicted octanol–water partition coefficient (Wildman–Crippen LogP) is 4.32. The average Bonchev–Trinajstić information content (AvgIpc) is 2.58. The first-order chi connectivity index (χ1) is 13.2. The number of ether oxygens (including phenoxy) is 1. The van der Waals surface area contributed by atoms with Crippen LogP contribution in [0.15, 0.2) is 12.3 Å². The Hall–Kier alpha value is -2.04. The van der Waals surface area contributed by atoms with E-state index in [1.165, 1.54) is 0 Å². The number of alkyl halides is 5. The molecular weight excluding hydrogens is 404 g/mol. The minimum Gasteiger partial charge on any atom is -0.444 e. The lowest BCUT2D eigenvalue weighted by molar-refractivity contribution is -0.138. The zero-order valence-electron chi connectivity index (χ0n) is 16.2. The summed E-state index contributed by atoms with van der Waals surface area (Å²) in [4.78, 5) is 16.3. The van der Waals surface area contributed by atoms with E-state index >= 15 is 0 Å². The summed E-state index contributed by atoms with van der Waals surface area (Å²) >= 11 is 0. The van der Waals surface area contributed by atoms with Gasteiger partial charge in [0.2, 0.25) is 0 Å². The number of nitrogens with zero attached hydrogens (tertiary/aromatic N) is 2. The Bertz CT molecular complexity index is 727. The third kappa shape index (κ3) is 6.22. The molecule has 1 aliphatic heterocycles. The fraction of sp³-hybridized carbons (Fsp3) is 0.667. The molecule has 5 nitrogen and oxygen atoms in total. The van der Waals surface area contributed by atoms with Crippen LogP contribution in [-0.2, 0) is 16.8 Å². The van der Waals surface area contributed by atoms with Gasteiger partial charge < -0.3 is 10.1 Å². The standard InChI is InChI=1S/C18H23F6N3O2/c1-16(2,3)29-15(28)27(12-4-6-25-7-5-12)10-17(20,21)14-13(19)8-11(9-26-14)18(22,23)24/h8-9,12,25H,4-7,10H2,1-3H3. The highest BCUT2D eigenvalue weighted by molar-refractivity contribution is 5.68. The lowest BCUT2D eigenvalue weighted by Crippen LogP contribution is -2.51. The highest BCUT2D eigenvalue weighted by Gasteiger charge is 2.44. The third-order valence-corrected chi connectivity index (χ3v) is 4.26. The predicted molar refractivity (Wildman–Crippen MR) is 91.9 cm³/mol. The molecule has 164 valence electrons. The topological polar surface area (TPSA) is 54.5 Å². The minimum absolute atomic E-state index is 0.0292. The molecule has 1 aromatic rings. The van der Waals surface area contributed by atoms with Gasteiger partial charge in [0.1, 0.15) is 11.3 Å². The summed E-state index contributed by atoms with van der Waals surface area (Å²) in [5, 5.41) is 3.04. The molecule has 1 amide bonds. The fourth-order valence-corrected chi connectivity index (χ4v) is 2.93. The molecule has 29 heavy (non-hydrogen) atoms. The van der Waals surface area contributed by atoms with Crippen LogP contribution in [0.1, 0.15) is 44.9 Å². The van der Waals surface area contributed by atoms with E-state index in [2.05, 4.69) is 10.3 Å². The summed E-state index contributed by atoms with van der Waals surface area (Å²) < 4.78 is 86.8. The molecule has 0 aromatic carbocycles. The Kier molecular flexibility index (Phi) is 6.71. The fourth-order valence-electron chi connectivity index (χ4n) is 2.93. The SMILES string of the molecule is CC(C)(C)OC(=O)N(CC(F)(F)c1ncc(C(F)(F)F)cc1F)C1CCNCC1. The molecule has 1 fully saturated rings. The van der Waals surface area contributed by atoms with E-state index in [0.29, 0.717) is 25.9 Å². The van der Waals surface area contributed by atoms with Gasteiger partial charge in [0.05, 0.1) is 12.1 Å². The zero-order valence-corrected chi connectivity index (χ0v) is 16.2. The summed E-state index contributed by atoms with van der Waals surface area (Å²) in [6.07, 6.45) is -5.03. The first-order valence-corrected chi connectivity index (χ1v) is 9.02. The lowest BCUT2D eigenvalue weighted by atomic mass is 10.0. The third-order valence-electron chi connectivity index (χ3n) is 4.26. The van der Waals surface area contributed by atoms with E-state index in [4.69, 9.17) is 4.74 Å². The van der Waals surface area contributed by atoms with Gasteiger partial charge in [-0.25, -0.2) is 9.18 Å². The normalized spacial score (nSPS) is 16.6. The Morgan fingerprint density at radius 3 is 2.28 bits per heavy atom. The highest BCUT2D eigenvalue weighted by atomic mass is 19.4. The number of carbonyl (C=O) groups is 1. The van der Waals surface area contributed by atoms with Crippen molar-refractivity contribution in [2.75, 3.05) is 19.6 Å². The Labute approximate surface area is 164 Å². The van der Waals surface area contributed by atoms with Gasteiger partial charge in [-0.3, -0.25) is 9.88 Å². The zero-order chi connectivity index (χ0) is 22.0. The molecule has 0 bridgehead atoms. The van der Waals surface area contributed by atoms with E-state index < -0.39 is 53.5 Å². The molecule has 1 N–H and O–H groups in total. The Balaban J connectivity index is 2.31. The largest absolute Gasteiger partial charge is 0.444 e. The van der Waals surface area contributed by atoms with E-state index in [1.54, 1.807) is 20.8 Å². The Morgan fingerprint density at radius 1 is 1.21 bits per heavy atom. The van der Waals surface area contributed by atoms with Crippen molar-refractivity contribution in [3.8, 4) is 0 Å². The van der Waals surface area contributed by atoms with Crippen LogP contribution in [0.3, 0.4) is 0 Å². The summed E-state index contributed by atoms with van der Waals surface area (Å²) in [5.41, 5.74) is -3.88. The van der Waals surface area contributed by atoms with Crippen molar-refractivity contribution in [3.63, 3.8) is 0 Å². The van der Waals surface area contributed by atoms with Gasteiger partial charge in [0.15, 0.2) is 5.82 Å². The number of nitrogens with one attached hydrogen (secondary N) is 1. The van der Waals surface area contributed by atoms with Gasteiger partial charge in [-0.2, -0.15) is 22.0 Å². The second kappa shape index (κ2) is 8.37. The lowest BCUT2D eigenvalue weighted by Gasteiger charge is -2.37. The van der Waals surface area contributed by atoms with Gasteiger partial charge in [-0.15, -0.1) is 0 Å². The maximum Gasteiger partial charge on any atom is 0.417 e. The van der Waals surface area contributed by atoms with Crippen LogP contribution in [0, 0.1) is 5.82 Å². The second-order valence-corrected chi connectivity index (χ2v) is 7.85. The van der Waals surface area contributed by atoms with E-state index in [-0.39, 0.29) is 12.3 Å². The highest BCUT2D eigenvalue weighted by Crippen LogP contribution is 2.35. The van der Waals surface area contributed by atoms with Crippen LogP contribution in [0.25, 0.3) is 0 Å². The van der Waals surface area contributed by atoms with Crippen LogP contribution in [0.5, 0.6) is 0 Å². The molecule has 0 spiro atoms. The smallest absolute Gasteiger partial charge is 0.417 e. The molecule has 0 atom stereocenters. The van der Waals surface area contributed by atoms with Gasteiger partial charge in [-0.1, -0.05) is 0 Å². The van der Waals surface area contributed by atoms with Crippen molar-refractivity contribution in [3.05, 3.63) is 29.3 Å². The number of halogens is 6. The molecule has 1 aliphatic rings. The average molecular weight is 427 g/mol. The monoisotopic (exact) mass is 427 g/mol. The van der Waals surface area contributed by atoms with Crippen molar-refractivity contribution >= 4 is 6.09 Å². The van der Waals surface area contributed by atoms with E-state index in [9.17, 15) is 31.1 Å². The van der Waals surface area contributed by atoms with Crippen LogP contribution < -0.4 is 5.32 Å². The first-order valence-electron chi connectivity index (χ1n) is 9.02. The molecule has 1 saturated heterocycles. The number of hydrogen-bond acceptors (Lipinski definition) is 4. The molecule has 11 heteroatoms. The molecule has 0 saturated carbocycles. The number of carbonyl (C=O) groups excluding carboxylic acids is 1. The minimum atomic E-state index is -4.92. The number of hydrogen-bond donors (Lipinski definition) is 1. The Morgan fingerprint density at radius 2 is 1.79 bits per heavy atom. The van der Waals surface area contributed by atoms with Gasteiger partial charge in [0.25, 0.3) is 0 Å². The molecule has 0 radical (unpaired) electrons. The number of piperidine rings is 1. The molecule has 1 aromatic heterocycles. The van der Waals surface area contributed by atoms with Crippen LogP contribution >= 0.6 is 0 Å². The summed E-state index contributed by atoms with van der Waals surface area (Å²) in [5.74, 6) is -5.81. The molecule has 2 rings (SSSR count). The van der Waals surface area contributed by atoms with Crippen molar-refractivity contribution in [1.82, 2.24) is 15.2 Å². The number of amides is 1. The summed E-state index contributed by atoms with van der Waals surface area (Å²) in [6.45, 7) is 4.43. The summed E-state index contributed by atoms with van der Waals surface area (Å²) in [6, 6.07) is -0.618. The number of aromatic nitrogens is 1. The van der Waals surface area contributed by atoms with Crippen molar-refractivity contribution in [2.45, 2.75) is 57.4 Å².